The van der Waals surface area contributed by atoms with Gasteiger partial charge in [0.05, 0.1) is 16.3 Å². The van der Waals surface area contributed by atoms with Crippen LogP contribution >= 0.6 is 11.6 Å². The van der Waals surface area contributed by atoms with E-state index in [0.29, 0.717) is 17.0 Å². The Morgan fingerprint density at radius 3 is 2.54 bits per heavy atom. The van der Waals surface area contributed by atoms with Gasteiger partial charge in [-0.1, -0.05) is 11.6 Å². The van der Waals surface area contributed by atoms with Gasteiger partial charge in [0.15, 0.2) is 6.29 Å². The predicted octanol–water partition coefficient (Wildman–Crippen LogP) is 1.92. The van der Waals surface area contributed by atoms with E-state index in [1.165, 1.54) is 12.1 Å². The van der Waals surface area contributed by atoms with Gasteiger partial charge in [-0.05, 0) is 6.07 Å². The van der Waals surface area contributed by atoms with Crippen LogP contribution in [0.2, 0.25) is 5.02 Å². The molecule has 1 N–H and O–H groups in total. The van der Waals surface area contributed by atoms with Crippen LogP contribution in [0.1, 0.15) is 10.4 Å². The van der Waals surface area contributed by atoms with Crippen LogP contribution in [0.3, 0.4) is 0 Å². The third-order valence-corrected chi connectivity index (χ3v) is 2.01. The van der Waals surface area contributed by atoms with E-state index in [1.54, 1.807) is 19.0 Å². The second kappa shape index (κ2) is 3.66. The predicted molar refractivity (Wildman–Crippen MR) is 52.8 cm³/mol. The summed E-state index contributed by atoms with van der Waals surface area (Å²) in [6.07, 6.45) is 0.570. The van der Waals surface area contributed by atoms with Crippen LogP contribution in [-0.4, -0.2) is 25.5 Å². The average molecular weight is 200 g/mol. The summed E-state index contributed by atoms with van der Waals surface area (Å²) in [6, 6.07) is 2.91. The minimum Gasteiger partial charge on any atom is -0.507 e. The molecule has 0 bridgehead atoms. The highest BCUT2D eigenvalue weighted by Crippen LogP contribution is 2.30. The number of rotatable bonds is 2. The van der Waals surface area contributed by atoms with Gasteiger partial charge in [0.25, 0.3) is 0 Å². The van der Waals surface area contributed by atoms with Crippen LogP contribution < -0.4 is 4.90 Å². The van der Waals surface area contributed by atoms with Crippen molar-refractivity contribution in [2.45, 2.75) is 0 Å². The summed E-state index contributed by atoms with van der Waals surface area (Å²) in [7, 11) is 3.61. The van der Waals surface area contributed by atoms with Crippen molar-refractivity contribution in [2.75, 3.05) is 19.0 Å². The van der Waals surface area contributed by atoms with E-state index in [-0.39, 0.29) is 11.3 Å². The first kappa shape index (κ1) is 9.86. The number of hydrogen-bond donors (Lipinski definition) is 1. The van der Waals surface area contributed by atoms with Gasteiger partial charge in [-0.2, -0.15) is 0 Å². The number of carbonyl (C=O) groups is 1. The Kier molecular flexibility index (Phi) is 2.78. The van der Waals surface area contributed by atoms with E-state index >= 15 is 0 Å². The first-order valence-corrected chi connectivity index (χ1v) is 4.09. The van der Waals surface area contributed by atoms with Gasteiger partial charge in [-0.25, -0.2) is 0 Å². The van der Waals surface area contributed by atoms with E-state index in [2.05, 4.69) is 0 Å². The molecule has 0 amide bonds. The Hall–Kier alpha value is -1.22. The van der Waals surface area contributed by atoms with E-state index in [0.717, 1.165) is 0 Å². The van der Waals surface area contributed by atoms with Crippen molar-refractivity contribution in [1.82, 2.24) is 0 Å². The number of phenolic OH excluding ortho intramolecular Hbond substituents is 1. The lowest BCUT2D eigenvalue weighted by atomic mass is 10.2. The van der Waals surface area contributed by atoms with Crippen molar-refractivity contribution in [3.05, 3.63) is 22.7 Å². The van der Waals surface area contributed by atoms with Crippen LogP contribution in [0.15, 0.2) is 12.1 Å². The van der Waals surface area contributed by atoms with Gasteiger partial charge < -0.3 is 10.0 Å². The average Bonchev–Trinajstić information content (AvgIpc) is 2.07. The topological polar surface area (TPSA) is 40.5 Å². The zero-order valence-electron chi connectivity index (χ0n) is 7.41. The summed E-state index contributed by atoms with van der Waals surface area (Å²) in [5, 5.41) is 9.80. The zero-order valence-corrected chi connectivity index (χ0v) is 8.17. The molecule has 1 rings (SSSR count). The molecule has 1 aromatic carbocycles. The summed E-state index contributed by atoms with van der Waals surface area (Å²) in [4.78, 5) is 12.2. The molecule has 0 unspecified atom stereocenters. The molecule has 0 heterocycles. The van der Waals surface area contributed by atoms with Crippen molar-refractivity contribution in [3.8, 4) is 5.75 Å². The van der Waals surface area contributed by atoms with Crippen molar-refractivity contribution < 1.29 is 9.90 Å². The van der Waals surface area contributed by atoms with Crippen LogP contribution in [0.5, 0.6) is 5.75 Å². The second-order valence-corrected chi connectivity index (χ2v) is 3.28. The molecule has 4 heteroatoms. The second-order valence-electron chi connectivity index (χ2n) is 2.87. The van der Waals surface area contributed by atoms with E-state index < -0.39 is 0 Å². The van der Waals surface area contributed by atoms with Crippen molar-refractivity contribution in [2.24, 2.45) is 0 Å². The number of hydrogen-bond acceptors (Lipinski definition) is 3. The number of carbonyl (C=O) groups excluding carboxylic acids is 1. The number of halogens is 1. The molecular weight excluding hydrogens is 190 g/mol. The van der Waals surface area contributed by atoms with Gasteiger partial charge in [-0.3, -0.25) is 4.79 Å². The molecule has 0 radical (unpaired) electrons. The number of nitrogens with zero attached hydrogens (tertiary/aromatic N) is 1. The molecular formula is C9H10ClNO2. The Labute approximate surface area is 81.5 Å². The van der Waals surface area contributed by atoms with Gasteiger partial charge in [-0.15, -0.1) is 0 Å². The standard InChI is InChI=1S/C9H10ClNO2/c1-11(2)8-4-9(13)6(5-12)3-7(8)10/h3-5,13H,1-2H3. The van der Waals surface area contributed by atoms with Gasteiger partial charge in [0.2, 0.25) is 0 Å². The maximum absolute atomic E-state index is 10.4. The fraction of sp³-hybridized carbons (Fsp3) is 0.222. The Bertz CT molecular complexity index is 337. The summed E-state index contributed by atoms with van der Waals surface area (Å²) >= 11 is 5.86. The molecule has 0 atom stereocenters. The van der Waals surface area contributed by atoms with Crippen molar-refractivity contribution in [3.63, 3.8) is 0 Å². The van der Waals surface area contributed by atoms with E-state index in [4.69, 9.17) is 11.6 Å². The van der Waals surface area contributed by atoms with Crippen LogP contribution in [0.25, 0.3) is 0 Å². The summed E-state index contributed by atoms with van der Waals surface area (Å²) in [5.74, 6) is -0.0527. The van der Waals surface area contributed by atoms with Crippen molar-refractivity contribution in [1.29, 1.82) is 0 Å². The third-order valence-electron chi connectivity index (χ3n) is 1.70. The Morgan fingerprint density at radius 2 is 2.08 bits per heavy atom. The zero-order chi connectivity index (χ0) is 10.0. The molecule has 0 aromatic heterocycles. The third kappa shape index (κ3) is 1.92. The molecule has 13 heavy (non-hydrogen) atoms. The summed E-state index contributed by atoms with van der Waals surface area (Å²) in [5.41, 5.74) is 0.889. The SMILES string of the molecule is CN(C)c1cc(O)c(C=O)cc1Cl. The molecule has 1 aromatic rings. The summed E-state index contributed by atoms with van der Waals surface area (Å²) < 4.78 is 0. The van der Waals surface area contributed by atoms with E-state index in [9.17, 15) is 9.90 Å². The van der Waals surface area contributed by atoms with Crippen LogP contribution in [-0.2, 0) is 0 Å². The van der Waals surface area contributed by atoms with E-state index in [1.807, 2.05) is 0 Å². The molecule has 0 aliphatic heterocycles. The minimum atomic E-state index is -0.0527. The normalized spacial score (nSPS) is 9.77. The number of anilines is 1. The number of benzene rings is 1. The Morgan fingerprint density at radius 1 is 1.46 bits per heavy atom. The quantitative estimate of drug-likeness (QED) is 0.740. The first-order valence-electron chi connectivity index (χ1n) is 3.71. The largest absolute Gasteiger partial charge is 0.507 e. The molecule has 0 aliphatic rings. The summed E-state index contributed by atoms with van der Waals surface area (Å²) in [6.45, 7) is 0. The lowest BCUT2D eigenvalue weighted by Crippen LogP contribution is -2.09. The Balaban J connectivity index is 3.28. The monoisotopic (exact) mass is 199 g/mol. The molecule has 0 fully saturated rings. The minimum absolute atomic E-state index is 0.0527. The van der Waals surface area contributed by atoms with Gasteiger partial charge >= 0.3 is 0 Å². The maximum atomic E-state index is 10.4. The lowest BCUT2D eigenvalue weighted by Gasteiger charge is -2.15. The smallest absolute Gasteiger partial charge is 0.153 e. The molecule has 3 nitrogen and oxygen atoms in total. The highest BCUT2D eigenvalue weighted by atomic mass is 35.5. The van der Waals surface area contributed by atoms with Gasteiger partial charge in [0.1, 0.15) is 5.75 Å². The fourth-order valence-corrected chi connectivity index (χ4v) is 1.34. The molecule has 70 valence electrons. The molecule has 0 spiro atoms. The maximum Gasteiger partial charge on any atom is 0.153 e. The first-order chi connectivity index (χ1) is 6.06. The fourth-order valence-electron chi connectivity index (χ4n) is 1.00. The highest BCUT2D eigenvalue weighted by molar-refractivity contribution is 6.33. The number of phenols is 1. The highest BCUT2D eigenvalue weighted by Gasteiger charge is 2.08. The van der Waals surface area contributed by atoms with Crippen molar-refractivity contribution >= 4 is 23.6 Å². The van der Waals surface area contributed by atoms with Crippen LogP contribution in [0, 0.1) is 0 Å². The molecule has 0 aliphatic carbocycles. The lowest BCUT2D eigenvalue weighted by molar-refractivity contribution is 0.112. The molecule has 0 saturated carbocycles. The number of aromatic hydroxyl groups is 1. The number of aldehydes is 1. The van der Waals surface area contributed by atoms with Crippen LogP contribution in [0.4, 0.5) is 5.69 Å². The molecule has 0 saturated heterocycles. The van der Waals surface area contributed by atoms with Gasteiger partial charge in [0, 0.05) is 20.2 Å².